The molecule has 0 aliphatic heterocycles. The third-order valence-electron chi connectivity index (χ3n) is 3.20. The molecule has 2 aromatic carbocycles. The number of aryl methyl sites for hydroxylation is 1. The van der Waals surface area contributed by atoms with Gasteiger partial charge in [-0.3, -0.25) is 9.59 Å². The molecule has 2 N–H and O–H groups in total. The number of benzene rings is 2. The zero-order chi connectivity index (χ0) is 17.7. The Labute approximate surface area is 155 Å². The fraction of sp³-hybridized carbons (Fsp3) is 0.176. The van der Waals surface area contributed by atoms with Crippen molar-refractivity contribution in [2.75, 3.05) is 11.9 Å². The van der Waals surface area contributed by atoms with E-state index >= 15 is 0 Å². The zero-order valence-electron chi connectivity index (χ0n) is 12.8. The molecule has 7 heteroatoms. The summed E-state index contributed by atoms with van der Waals surface area (Å²) in [5.41, 5.74) is 1.93. The van der Waals surface area contributed by atoms with Crippen molar-refractivity contribution in [3.8, 4) is 0 Å². The molecule has 2 aromatic rings. The highest BCUT2D eigenvalue weighted by atomic mass is 35.5. The van der Waals surface area contributed by atoms with Crippen molar-refractivity contribution in [3.63, 3.8) is 0 Å². The lowest BCUT2D eigenvalue weighted by atomic mass is 10.1. The van der Waals surface area contributed by atoms with Crippen molar-refractivity contribution in [1.29, 1.82) is 0 Å². The van der Waals surface area contributed by atoms with Gasteiger partial charge in [-0.2, -0.15) is 0 Å². The van der Waals surface area contributed by atoms with E-state index in [1.165, 1.54) is 12.1 Å². The summed E-state index contributed by atoms with van der Waals surface area (Å²) >= 11 is 17.7. The van der Waals surface area contributed by atoms with Crippen LogP contribution in [0.2, 0.25) is 15.1 Å². The van der Waals surface area contributed by atoms with Crippen LogP contribution in [-0.2, 0) is 4.79 Å². The van der Waals surface area contributed by atoms with E-state index in [0.717, 1.165) is 5.56 Å². The van der Waals surface area contributed by atoms with Gasteiger partial charge in [0.15, 0.2) is 0 Å². The topological polar surface area (TPSA) is 58.2 Å². The largest absolute Gasteiger partial charge is 0.352 e. The third-order valence-corrected chi connectivity index (χ3v) is 4.24. The van der Waals surface area contributed by atoms with E-state index in [1.807, 2.05) is 19.1 Å². The molecule has 0 radical (unpaired) electrons. The van der Waals surface area contributed by atoms with Crippen LogP contribution < -0.4 is 10.6 Å². The normalized spacial score (nSPS) is 10.3. The Hall–Kier alpha value is -1.75. The molecule has 0 spiro atoms. The molecule has 0 fully saturated rings. The average Bonchev–Trinajstić information content (AvgIpc) is 2.52. The number of nitrogens with one attached hydrogen (secondary N) is 2. The molecule has 24 heavy (non-hydrogen) atoms. The number of anilines is 1. The predicted octanol–water partition coefficient (Wildman–Crippen LogP) is 4.71. The minimum absolute atomic E-state index is 0.105. The number of rotatable bonds is 5. The fourth-order valence-corrected chi connectivity index (χ4v) is 2.60. The molecule has 0 aliphatic rings. The van der Waals surface area contributed by atoms with Gasteiger partial charge >= 0.3 is 0 Å². The van der Waals surface area contributed by atoms with E-state index in [4.69, 9.17) is 34.8 Å². The molecular formula is C17H15Cl3N2O2. The van der Waals surface area contributed by atoms with E-state index in [-0.39, 0.29) is 24.8 Å². The molecular weight excluding hydrogens is 371 g/mol. The van der Waals surface area contributed by atoms with Crippen LogP contribution in [0.5, 0.6) is 0 Å². The van der Waals surface area contributed by atoms with Crippen molar-refractivity contribution in [2.24, 2.45) is 0 Å². The van der Waals surface area contributed by atoms with Crippen LogP contribution in [0.25, 0.3) is 0 Å². The van der Waals surface area contributed by atoms with E-state index in [1.54, 1.807) is 12.1 Å². The molecule has 0 saturated carbocycles. The highest BCUT2D eigenvalue weighted by molar-refractivity contribution is 6.44. The number of hydrogen-bond donors (Lipinski definition) is 2. The van der Waals surface area contributed by atoms with Gasteiger partial charge in [0.2, 0.25) is 5.91 Å². The van der Waals surface area contributed by atoms with Gasteiger partial charge in [-0.1, -0.05) is 52.5 Å². The maximum absolute atomic E-state index is 12.0. The van der Waals surface area contributed by atoms with Gasteiger partial charge in [0.1, 0.15) is 0 Å². The van der Waals surface area contributed by atoms with Crippen molar-refractivity contribution < 1.29 is 9.59 Å². The summed E-state index contributed by atoms with van der Waals surface area (Å²) in [6.45, 7) is 2.11. The molecule has 2 amide bonds. The molecule has 0 aliphatic carbocycles. The number of carbonyl (C=O) groups excluding carboxylic acids is 2. The highest BCUT2D eigenvalue weighted by Crippen LogP contribution is 2.32. The van der Waals surface area contributed by atoms with Crippen LogP contribution in [0.1, 0.15) is 22.3 Å². The van der Waals surface area contributed by atoms with E-state index in [0.29, 0.717) is 26.3 Å². The second kappa shape index (κ2) is 8.38. The first-order valence-corrected chi connectivity index (χ1v) is 8.29. The number of carbonyl (C=O) groups is 2. The van der Waals surface area contributed by atoms with Crippen LogP contribution in [-0.4, -0.2) is 18.4 Å². The van der Waals surface area contributed by atoms with Crippen molar-refractivity contribution in [1.82, 2.24) is 5.32 Å². The van der Waals surface area contributed by atoms with Crippen molar-refractivity contribution in [2.45, 2.75) is 13.3 Å². The standard InChI is InChI=1S/C17H15Cl3N2O2/c1-10-3-2-4-11(7-10)17(24)21-6-5-16(23)22-15-9-13(19)12(18)8-14(15)20/h2-4,7-9H,5-6H2,1H3,(H,21,24)(H,22,23). The molecule has 126 valence electrons. The first-order valence-electron chi connectivity index (χ1n) is 7.16. The van der Waals surface area contributed by atoms with Gasteiger partial charge in [-0.05, 0) is 31.2 Å². The quantitative estimate of drug-likeness (QED) is 0.732. The Morgan fingerprint density at radius 1 is 1.00 bits per heavy atom. The first-order chi connectivity index (χ1) is 11.4. The Morgan fingerprint density at radius 3 is 2.42 bits per heavy atom. The number of hydrogen-bond acceptors (Lipinski definition) is 2. The maximum Gasteiger partial charge on any atom is 0.251 e. The maximum atomic E-state index is 12.0. The van der Waals surface area contributed by atoms with Crippen molar-refractivity contribution >= 4 is 52.3 Å². The van der Waals surface area contributed by atoms with Gasteiger partial charge in [0.25, 0.3) is 5.91 Å². The molecule has 0 heterocycles. The number of halogens is 3. The lowest BCUT2D eigenvalue weighted by molar-refractivity contribution is -0.116. The van der Waals surface area contributed by atoms with Gasteiger partial charge in [-0.25, -0.2) is 0 Å². The summed E-state index contributed by atoms with van der Waals surface area (Å²) in [5.74, 6) is -0.515. The zero-order valence-corrected chi connectivity index (χ0v) is 15.1. The molecule has 0 saturated heterocycles. The van der Waals surface area contributed by atoms with Gasteiger partial charge < -0.3 is 10.6 Å². The second-order valence-electron chi connectivity index (χ2n) is 5.17. The van der Waals surface area contributed by atoms with Gasteiger partial charge in [-0.15, -0.1) is 0 Å². The summed E-state index contributed by atoms with van der Waals surface area (Å²) in [4.78, 5) is 23.9. The summed E-state index contributed by atoms with van der Waals surface area (Å²) < 4.78 is 0. The average molecular weight is 386 g/mol. The second-order valence-corrected chi connectivity index (χ2v) is 6.39. The first kappa shape index (κ1) is 18.6. The van der Waals surface area contributed by atoms with Gasteiger partial charge in [0, 0.05) is 18.5 Å². The fourth-order valence-electron chi connectivity index (χ4n) is 2.01. The number of amides is 2. The Kier molecular flexibility index (Phi) is 6.49. The van der Waals surface area contributed by atoms with Crippen LogP contribution >= 0.6 is 34.8 Å². The molecule has 0 atom stereocenters. The summed E-state index contributed by atoms with van der Waals surface area (Å²) in [5, 5.41) is 6.23. The lowest BCUT2D eigenvalue weighted by Gasteiger charge is -2.09. The smallest absolute Gasteiger partial charge is 0.251 e. The molecule has 4 nitrogen and oxygen atoms in total. The van der Waals surface area contributed by atoms with Crippen molar-refractivity contribution in [3.05, 3.63) is 62.6 Å². The SMILES string of the molecule is Cc1cccc(C(=O)NCCC(=O)Nc2cc(Cl)c(Cl)cc2Cl)c1. The predicted molar refractivity (Wildman–Crippen MR) is 98.2 cm³/mol. The highest BCUT2D eigenvalue weighted by Gasteiger charge is 2.10. The lowest BCUT2D eigenvalue weighted by Crippen LogP contribution is -2.27. The summed E-state index contributed by atoms with van der Waals surface area (Å²) in [7, 11) is 0. The Balaban J connectivity index is 1.85. The van der Waals surface area contributed by atoms with E-state index < -0.39 is 0 Å². The van der Waals surface area contributed by atoms with Crippen LogP contribution in [0.15, 0.2) is 36.4 Å². The molecule has 0 bridgehead atoms. The summed E-state index contributed by atoms with van der Waals surface area (Å²) in [6, 6.07) is 10.2. The van der Waals surface area contributed by atoms with E-state index in [2.05, 4.69) is 10.6 Å². The Morgan fingerprint density at radius 2 is 1.71 bits per heavy atom. The minimum Gasteiger partial charge on any atom is -0.352 e. The van der Waals surface area contributed by atoms with Gasteiger partial charge in [0.05, 0.1) is 20.8 Å². The summed E-state index contributed by atoms with van der Waals surface area (Å²) in [6.07, 6.45) is 0.105. The molecule has 0 unspecified atom stereocenters. The monoisotopic (exact) mass is 384 g/mol. The van der Waals surface area contributed by atoms with E-state index in [9.17, 15) is 9.59 Å². The Bertz CT molecular complexity index is 778. The molecule has 0 aromatic heterocycles. The van der Waals surface area contributed by atoms with Crippen LogP contribution in [0.3, 0.4) is 0 Å². The third kappa shape index (κ3) is 5.13. The van der Waals surface area contributed by atoms with Crippen LogP contribution in [0.4, 0.5) is 5.69 Å². The van der Waals surface area contributed by atoms with Crippen LogP contribution in [0, 0.1) is 6.92 Å². The molecule has 2 rings (SSSR count). The minimum atomic E-state index is -0.292.